The van der Waals surface area contributed by atoms with Crippen molar-refractivity contribution < 1.29 is 47.5 Å². The van der Waals surface area contributed by atoms with Gasteiger partial charge in [0.15, 0.2) is 0 Å². The summed E-state index contributed by atoms with van der Waals surface area (Å²) in [5.41, 5.74) is 0.639. The molecule has 0 unspecified atom stereocenters. The van der Waals surface area contributed by atoms with Gasteiger partial charge >= 0.3 is 6.03 Å². The highest BCUT2D eigenvalue weighted by molar-refractivity contribution is 6.16. The summed E-state index contributed by atoms with van der Waals surface area (Å²) >= 11 is 0. The van der Waals surface area contributed by atoms with Crippen LogP contribution in [0.15, 0.2) is 17.8 Å². The van der Waals surface area contributed by atoms with Crippen molar-refractivity contribution in [3.8, 4) is 0 Å². The average Bonchev–Trinajstić information content (AvgIpc) is 3.78. The summed E-state index contributed by atoms with van der Waals surface area (Å²) in [5, 5.41) is 11.0. The third-order valence-electron chi connectivity index (χ3n) is 7.65. The quantitative estimate of drug-likeness (QED) is 0.109. The van der Waals surface area contributed by atoms with Crippen LogP contribution in [0.1, 0.15) is 39.8 Å². The Labute approximate surface area is 289 Å². The van der Waals surface area contributed by atoms with E-state index in [1.807, 2.05) is 25.7 Å². The van der Waals surface area contributed by atoms with Gasteiger partial charge in [-0.2, -0.15) is 0 Å². The Morgan fingerprint density at radius 1 is 0.816 bits per heavy atom. The third kappa shape index (κ3) is 16.1. The first-order valence-electron chi connectivity index (χ1n) is 17.2. The van der Waals surface area contributed by atoms with E-state index in [1.54, 1.807) is 10.9 Å². The van der Waals surface area contributed by atoms with E-state index in [2.05, 4.69) is 22.6 Å². The molecule has 1 N–H and O–H groups in total. The maximum absolute atomic E-state index is 12.6. The Morgan fingerprint density at radius 2 is 1.33 bits per heavy atom. The molecule has 0 saturated carbocycles. The van der Waals surface area contributed by atoms with Crippen molar-refractivity contribution in [2.45, 2.75) is 47.2 Å². The van der Waals surface area contributed by atoms with Crippen LogP contribution in [0.4, 0.5) is 4.79 Å². The Kier molecular flexibility index (Phi) is 18.7. The number of rotatable bonds is 26. The van der Waals surface area contributed by atoms with Crippen LogP contribution >= 0.6 is 0 Å². The Balaban J connectivity index is 1.00. The minimum absolute atomic E-state index is 0.0137. The molecular formula is C33H56N6O10. The number of carbonyl (C=O) groups is 3. The number of imide groups is 1. The number of carbonyl (C=O) groups excluding carboxylic acids is 3. The van der Waals surface area contributed by atoms with Gasteiger partial charge in [0.2, 0.25) is 0 Å². The first kappa shape index (κ1) is 40.4. The summed E-state index contributed by atoms with van der Waals surface area (Å²) in [6.07, 6.45) is 4.19. The van der Waals surface area contributed by atoms with Gasteiger partial charge in [-0.25, -0.2) is 9.48 Å². The lowest BCUT2D eigenvalue weighted by atomic mass is 9.86. The van der Waals surface area contributed by atoms with Crippen molar-refractivity contribution in [2.75, 3.05) is 112 Å². The molecule has 16 nitrogen and oxygen atoms in total. The second-order valence-corrected chi connectivity index (χ2v) is 12.9. The number of nitrogens with one attached hydrogen (secondary N) is 1. The minimum Gasteiger partial charge on any atom is -0.377 e. The molecule has 16 heteroatoms. The molecule has 1 fully saturated rings. The summed E-state index contributed by atoms with van der Waals surface area (Å²) in [7, 11) is 0. The normalized spacial score (nSPS) is 16.7. The molecule has 1 saturated heterocycles. The van der Waals surface area contributed by atoms with Crippen molar-refractivity contribution in [2.24, 2.45) is 11.3 Å². The van der Waals surface area contributed by atoms with E-state index in [4.69, 9.17) is 33.2 Å². The van der Waals surface area contributed by atoms with Gasteiger partial charge < -0.3 is 43.4 Å². The van der Waals surface area contributed by atoms with Gasteiger partial charge in [0.25, 0.3) is 11.8 Å². The molecule has 0 radical (unpaired) electrons. The van der Waals surface area contributed by atoms with Gasteiger partial charge in [0, 0.05) is 31.3 Å². The fourth-order valence-corrected chi connectivity index (χ4v) is 4.92. The number of aromatic nitrogens is 3. The van der Waals surface area contributed by atoms with E-state index < -0.39 is 5.41 Å². The molecule has 0 spiro atoms. The van der Waals surface area contributed by atoms with Crippen molar-refractivity contribution in [3.05, 3.63) is 23.5 Å². The zero-order valence-corrected chi connectivity index (χ0v) is 29.7. The largest absolute Gasteiger partial charge is 0.377 e. The second-order valence-electron chi connectivity index (χ2n) is 12.9. The van der Waals surface area contributed by atoms with Crippen LogP contribution in [0.25, 0.3) is 0 Å². The zero-order chi connectivity index (χ0) is 35.3. The zero-order valence-electron chi connectivity index (χ0n) is 29.7. The molecule has 0 bridgehead atoms. The molecule has 4 amide bonds. The van der Waals surface area contributed by atoms with Crippen LogP contribution in [-0.4, -0.2) is 155 Å². The SMILES string of the molecule is C[C@H]1CCN(C(=O)NCCOCCOCCOCCOCCOCCOCCOCCn2cc(CN3C(=O)C=C(C(C)(C)C)C3=O)nn2)C1. The average molecular weight is 697 g/mol. The molecule has 2 aliphatic rings. The summed E-state index contributed by atoms with van der Waals surface area (Å²) in [4.78, 5) is 39.9. The maximum atomic E-state index is 12.6. The maximum Gasteiger partial charge on any atom is 0.317 e. The van der Waals surface area contributed by atoms with Crippen LogP contribution in [0.3, 0.4) is 0 Å². The number of likely N-dealkylation sites (tertiary alicyclic amines) is 1. The van der Waals surface area contributed by atoms with Gasteiger partial charge in [-0.15, -0.1) is 5.10 Å². The molecular weight excluding hydrogens is 640 g/mol. The standard InChI is InChI=1S/C33H56N6O10/c1-27-5-7-37(24-27)32(42)34-6-9-43-11-13-45-15-17-47-19-21-49-22-20-48-18-16-46-14-12-44-10-8-38-25-28(35-36-38)26-39-30(40)23-29(31(39)41)33(2,3)4/h23,25,27H,5-22,24,26H2,1-4H3,(H,34,42)/t27-/m0/s1. The van der Waals surface area contributed by atoms with E-state index in [1.165, 1.54) is 11.0 Å². The molecule has 0 aliphatic carbocycles. The highest BCUT2D eigenvalue weighted by atomic mass is 16.6. The summed E-state index contributed by atoms with van der Waals surface area (Å²) in [5.74, 6) is -0.0297. The molecule has 2 aliphatic heterocycles. The molecule has 49 heavy (non-hydrogen) atoms. The number of nitrogens with zero attached hydrogens (tertiary/aromatic N) is 5. The smallest absolute Gasteiger partial charge is 0.317 e. The number of ether oxygens (including phenoxy) is 7. The highest BCUT2D eigenvalue weighted by Gasteiger charge is 2.37. The van der Waals surface area contributed by atoms with Crippen LogP contribution in [-0.2, 0) is 55.8 Å². The van der Waals surface area contributed by atoms with Crippen molar-refractivity contribution in [3.63, 3.8) is 0 Å². The van der Waals surface area contributed by atoms with Crippen molar-refractivity contribution in [1.29, 1.82) is 0 Å². The van der Waals surface area contributed by atoms with Crippen molar-refractivity contribution >= 4 is 17.8 Å². The monoisotopic (exact) mass is 696 g/mol. The minimum atomic E-state index is -0.398. The molecule has 3 rings (SSSR count). The lowest BCUT2D eigenvalue weighted by Crippen LogP contribution is -2.39. The van der Waals surface area contributed by atoms with Gasteiger partial charge in [0.1, 0.15) is 5.69 Å². The van der Waals surface area contributed by atoms with Gasteiger partial charge in [-0.3, -0.25) is 14.5 Å². The van der Waals surface area contributed by atoms with E-state index in [9.17, 15) is 14.4 Å². The fourth-order valence-electron chi connectivity index (χ4n) is 4.92. The molecule has 3 heterocycles. The predicted molar refractivity (Wildman–Crippen MR) is 178 cm³/mol. The van der Waals surface area contributed by atoms with E-state index in [0.29, 0.717) is 123 Å². The van der Waals surface area contributed by atoms with Gasteiger partial charge in [-0.1, -0.05) is 32.9 Å². The first-order valence-corrected chi connectivity index (χ1v) is 17.2. The van der Waals surface area contributed by atoms with Crippen LogP contribution < -0.4 is 5.32 Å². The third-order valence-corrected chi connectivity index (χ3v) is 7.65. The Hall–Kier alpha value is -2.99. The van der Waals surface area contributed by atoms with Crippen LogP contribution in [0, 0.1) is 11.3 Å². The predicted octanol–water partition coefficient (Wildman–Crippen LogP) is 1.29. The molecule has 1 aromatic rings. The Bertz CT molecular complexity index is 1160. The summed E-state index contributed by atoms with van der Waals surface area (Å²) < 4.78 is 40.1. The number of hydrogen-bond donors (Lipinski definition) is 1. The second kappa shape index (κ2) is 22.7. The molecule has 1 atom stereocenters. The molecule has 278 valence electrons. The lowest BCUT2D eigenvalue weighted by molar-refractivity contribution is -0.138. The van der Waals surface area contributed by atoms with E-state index in [0.717, 1.165) is 19.5 Å². The number of urea groups is 1. The van der Waals surface area contributed by atoms with Gasteiger partial charge in [-0.05, 0) is 17.8 Å². The van der Waals surface area contributed by atoms with Crippen LogP contribution in [0.5, 0.6) is 0 Å². The molecule has 1 aromatic heterocycles. The van der Waals surface area contributed by atoms with Crippen LogP contribution in [0.2, 0.25) is 0 Å². The molecule has 0 aromatic carbocycles. The first-order chi connectivity index (χ1) is 23.6. The van der Waals surface area contributed by atoms with E-state index >= 15 is 0 Å². The van der Waals surface area contributed by atoms with Gasteiger partial charge in [0.05, 0.1) is 112 Å². The highest BCUT2D eigenvalue weighted by Crippen LogP contribution is 2.31. The number of amides is 4. The lowest BCUT2D eigenvalue weighted by Gasteiger charge is -2.20. The number of hydrogen-bond acceptors (Lipinski definition) is 12. The Morgan fingerprint density at radius 3 is 1.80 bits per heavy atom. The van der Waals surface area contributed by atoms with E-state index in [-0.39, 0.29) is 24.4 Å². The van der Waals surface area contributed by atoms with Crippen molar-refractivity contribution in [1.82, 2.24) is 30.1 Å². The summed E-state index contributed by atoms with van der Waals surface area (Å²) in [6, 6.07) is -0.0137. The summed E-state index contributed by atoms with van der Waals surface area (Å²) in [6.45, 7) is 17.1. The topological polar surface area (TPSA) is 165 Å². The fraction of sp³-hybridized carbons (Fsp3) is 0.788.